The number of carbonyl (C=O) groups is 5. The van der Waals surface area contributed by atoms with Crippen molar-refractivity contribution in [1.29, 1.82) is 0 Å². The number of anilines is 2. The minimum atomic E-state index is -5.08. The Morgan fingerprint density at radius 3 is 1.61 bits per heavy atom. The van der Waals surface area contributed by atoms with E-state index in [-0.39, 0.29) is 65.9 Å². The van der Waals surface area contributed by atoms with Crippen LogP contribution in [0.2, 0.25) is 10.0 Å². The van der Waals surface area contributed by atoms with Gasteiger partial charge in [0.05, 0.1) is 28.0 Å². The van der Waals surface area contributed by atoms with Gasteiger partial charge in [0.1, 0.15) is 37.4 Å². The van der Waals surface area contributed by atoms with Crippen LogP contribution in [0.15, 0.2) is 115 Å². The van der Waals surface area contributed by atoms with Gasteiger partial charge in [0.2, 0.25) is 0 Å². The zero-order chi connectivity index (χ0) is 62.6. The van der Waals surface area contributed by atoms with Gasteiger partial charge >= 0.3 is 24.1 Å². The van der Waals surface area contributed by atoms with Crippen LogP contribution in [-0.4, -0.2) is 105 Å². The number of amides is 2. The number of rotatable bonds is 22. The van der Waals surface area contributed by atoms with Crippen molar-refractivity contribution in [1.82, 2.24) is 30.6 Å². The SMILES string of the molecule is CCC(NC(=O)c1nc(CC2CCN(c3ccc(-c4ccc(CO)cc4)c(Cl)c3)CC2)nc(C)c1OCc1ccccc1)C(=O)Oc1c(C)nc(CC2CCN(c3ccc(-c4ccc(COC(=O)C(F)(F)F)cc4)c(Cl)c3)CC2)nc1C(=O)NCC(=O)O. The highest BCUT2D eigenvalue weighted by Gasteiger charge is 2.41. The summed E-state index contributed by atoms with van der Waals surface area (Å²) in [4.78, 5) is 88.5. The molecule has 2 aliphatic rings. The predicted octanol–water partition coefficient (Wildman–Crippen LogP) is 11.0. The van der Waals surface area contributed by atoms with Gasteiger partial charge in [-0.3, -0.25) is 14.4 Å². The lowest BCUT2D eigenvalue weighted by Gasteiger charge is -2.33. The standard InChI is InChI=1S/C65H65Cl2F3N8O10/c1-4-53(74-62(83)57-59(86-36-43-8-6-5-7-9-43)38(2)72-54(75-57)30-40-22-26-77(27-23-40)47-18-20-49(51(66)32-47)45-14-10-42(35-79)11-15-45)63(84)88-60-39(3)73-55(76-58(60)61(82)71-34-56(80)81)31-41-24-28-78(29-25-41)48-19-21-50(52(67)33-48)46-16-12-44(13-17-46)37-87-64(85)65(68,69)70/h5-21,32-33,40-41,53,79H,4,22-31,34-37H2,1-3H3,(H,71,82)(H,74,83)(H,80,81). The van der Waals surface area contributed by atoms with Crippen molar-refractivity contribution in [3.8, 4) is 33.8 Å². The molecule has 7 aromatic rings. The van der Waals surface area contributed by atoms with Crippen molar-refractivity contribution in [2.45, 2.75) is 97.8 Å². The van der Waals surface area contributed by atoms with Gasteiger partial charge in [-0.1, -0.05) is 121 Å². The number of nitrogens with zero attached hydrogens (tertiary/aromatic N) is 6. The zero-order valence-electron chi connectivity index (χ0n) is 48.5. The average molecular weight is 1250 g/mol. The Balaban J connectivity index is 0.851. The van der Waals surface area contributed by atoms with Gasteiger partial charge in [0, 0.05) is 61.5 Å². The second-order valence-electron chi connectivity index (χ2n) is 21.7. The second kappa shape index (κ2) is 28.9. The Morgan fingerprint density at radius 1 is 0.648 bits per heavy atom. The number of aryl methyl sites for hydroxylation is 2. The van der Waals surface area contributed by atoms with Crippen molar-refractivity contribution in [2.75, 3.05) is 42.5 Å². The zero-order valence-corrected chi connectivity index (χ0v) is 50.1. The van der Waals surface area contributed by atoms with Crippen molar-refractivity contribution < 1.29 is 61.6 Å². The maximum absolute atomic E-state index is 14.5. The quantitative estimate of drug-likeness (QED) is 0.0462. The number of benzene rings is 5. The molecule has 2 amide bonds. The highest BCUT2D eigenvalue weighted by atomic mass is 35.5. The smallest absolute Gasteiger partial charge is 0.485 e. The highest BCUT2D eigenvalue weighted by molar-refractivity contribution is 6.34. The molecule has 88 heavy (non-hydrogen) atoms. The second-order valence-corrected chi connectivity index (χ2v) is 22.5. The Morgan fingerprint density at radius 2 is 1.14 bits per heavy atom. The van der Waals surface area contributed by atoms with Gasteiger partial charge in [-0.2, -0.15) is 13.2 Å². The van der Waals surface area contributed by atoms with Crippen molar-refractivity contribution in [3.05, 3.63) is 176 Å². The van der Waals surface area contributed by atoms with Crippen LogP contribution in [0.25, 0.3) is 22.3 Å². The number of piperidine rings is 2. The topological polar surface area (TPSA) is 236 Å². The molecule has 2 aliphatic heterocycles. The number of nitrogens with one attached hydrogen (secondary N) is 2. The number of aliphatic hydroxyl groups is 1. The third-order valence-electron chi connectivity index (χ3n) is 15.5. The number of alkyl halides is 3. The lowest BCUT2D eigenvalue weighted by atomic mass is 9.92. The lowest BCUT2D eigenvalue weighted by molar-refractivity contribution is -0.201. The molecule has 18 nitrogen and oxygen atoms in total. The number of aromatic nitrogens is 4. The maximum atomic E-state index is 14.5. The number of carbonyl (C=O) groups excluding carboxylic acids is 4. The summed E-state index contributed by atoms with van der Waals surface area (Å²) in [6, 6.07) is 33.8. The van der Waals surface area contributed by atoms with E-state index < -0.39 is 55.1 Å². The van der Waals surface area contributed by atoms with Crippen molar-refractivity contribution >= 4 is 64.3 Å². The normalized spacial score (nSPS) is 14.2. The third kappa shape index (κ3) is 16.3. The van der Waals surface area contributed by atoms with Crippen LogP contribution in [0, 0.1) is 25.7 Å². The molecule has 2 aromatic heterocycles. The highest BCUT2D eigenvalue weighted by Crippen LogP contribution is 2.37. The molecule has 0 radical (unpaired) electrons. The molecule has 460 valence electrons. The number of ether oxygens (including phenoxy) is 3. The summed E-state index contributed by atoms with van der Waals surface area (Å²) in [5.41, 5.74) is 7.28. The van der Waals surface area contributed by atoms with E-state index in [0.29, 0.717) is 77.0 Å². The van der Waals surface area contributed by atoms with E-state index in [9.17, 15) is 47.4 Å². The van der Waals surface area contributed by atoms with Crippen LogP contribution in [0.3, 0.4) is 0 Å². The van der Waals surface area contributed by atoms with Gasteiger partial charge in [-0.15, -0.1) is 0 Å². The van der Waals surface area contributed by atoms with E-state index in [2.05, 4.69) is 41.2 Å². The van der Waals surface area contributed by atoms with Crippen molar-refractivity contribution in [3.63, 3.8) is 0 Å². The number of aliphatic carboxylic acids is 1. The van der Waals surface area contributed by atoms with E-state index >= 15 is 0 Å². The third-order valence-corrected chi connectivity index (χ3v) is 16.2. The summed E-state index contributed by atoms with van der Waals surface area (Å²) in [6.07, 6.45) is -1.22. The number of carboxylic acids is 1. The fourth-order valence-electron chi connectivity index (χ4n) is 10.7. The first-order chi connectivity index (χ1) is 42.2. The first-order valence-electron chi connectivity index (χ1n) is 28.8. The molecule has 0 aliphatic carbocycles. The average Bonchev–Trinajstić information content (AvgIpc) is 3.68. The molecular formula is C65H65Cl2F3N8O10. The van der Waals surface area contributed by atoms with Gasteiger partial charge in [0.15, 0.2) is 22.9 Å². The van der Waals surface area contributed by atoms with Gasteiger partial charge in [-0.25, -0.2) is 29.5 Å². The molecule has 2 fully saturated rings. The Kier molecular flexibility index (Phi) is 21.0. The fraction of sp³-hybridized carbons (Fsp3) is 0.338. The molecule has 5 aromatic carbocycles. The maximum Gasteiger partial charge on any atom is 0.490 e. The molecule has 1 atom stereocenters. The fourth-order valence-corrected chi connectivity index (χ4v) is 11.3. The van der Waals surface area contributed by atoms with E-state index in [4.69, 9.17) is 42.6 Å². The number of hydrogen-bond acceptors (Lipinski definition) is 15. The van der Waals surface area contributed by atoms with Crippen LogP contribution in [-0.2, 0) is 51.8 Å². The number of carboxylic acid groups (broad SMARTS) is 1. The van der Waals surface area contributed by atoms with Crippen LogP contribution in [0.1, 0.15) is 99.7 Å². The summed E-state index contributed by atoms with van der Waals surface area (Å²) >= 11 is 13.6. The van der Waals surface area contributed by atoms with Gasteiger partial charge in [-0.05, 0) is 110 Å². The first kappa shape index (κ1) is 63.8. The monoisotopic (exact) mass is 1240 g/mol. The molecule has 23 heteroatoms. The first-order valence-corrected chi connectivity index (χ1v) is 29.6. The Labute approximate surface area is 516 Å². The molecule has 9 rings (SSSR count). The molecule has 0 spiro atoms. The van der Waals surface area contributed by atoms with E-state index in [1.54, 1.807) is 45.0 Å². The number of aliphatic hydroxyl groups excluding tert-OH is 1. The van der Waals surface area contributed by atoms with E-state index in [1.807, 2.05) is 84.9 Å². The van der Waals surface area contributed by atoms with Gasteiger partial charge in [0.25, 0.3) is 11.8 Å². The molecule has 1 unspecified atom stereocenters. The minimum absolute atomic E-state index is 0.0379. The number of halogens is 5. The molecule has 2 saturated heterocycles. The summed E-state index contributed by atoms with van der Waals surface area (Å²) in [5.74, 6) is -5.38. The Bertz CT molecular complexity index is 3660. The molecule has 0 saturated carbocycles. The summed E-state index contributed by atoms with van der Waals surface area (Å²) in [5, 5.41) is 25.1. The predicted molar refractivity (Wildman–Crippen MR) is 324 cm³/mol. The van der Waals surface area contributed by atoms with Crippen LogP contribution in [0.5, 0.6) is 11.5 Å². The molecule has 4 heterocycles. The minimum Gasteiger partial charge on any atom is -0.485 e. The summed E-state index contributed by atoms with van der Waals surface area (Å²) in [6.45, 7) is 6.49. The van der Waals surface area contributed by atoms with Crippen LogP contribution < -0.4 is 29.9 Å². The van der Waals surface area contributed by atoms with Crippen molar-refractivity contribution in [2.24, 2.45) is 11.8 Å². The van der Waals surface area contributed by atoms with E-state index in [0.717, 1.165) is 59.6 Å². The molecular weight excluding hydrogens is 1180 g/mol. The van der Waals surface area contributed by atoms with Crippen LogP contribution in [0.4, 0.5) is 24.5 Å². The summed E-state index contributed by atoms with van der Waals surface area (Å²) < 4.78 is 54.3. The lowest BCUT2D eigenvalue weighted by Crippen LogP contribution is -2.43. The number of esters is 2. The molecule has 4 N–H and O–H groups in total. The van der Waals surface area contributed by atoms with E-state index in [1.165, 1.54) is 0 Å². The Hall–Kier alpha value is -8.66. The largest absolute Gasteiger partial charge is 0.490 e. The molecule has 0 bridgehead atoms. The van der Waals surface area contributed by atoms with Crippen LogP contribution >= 0.6 is 23.2 Å². The van der Waals surface area contributed by atoms with Gasteiger partial charge < -0.3 is 44.9 Å². The summed E-state index contributed by atoms with van der Waals surface area (Å²) in [7, 11) is 0. The number of hydrogen-bond donors (Lipinski definition) is 4.